The molecular formula is C13H17F3N4. The summed E-state index contributed by atoms with van der Waals surface area (Å²) < 4.78 is 38.9. The van der Waals surface area contributed by atoms with Crippen LogP contribution >= 0.6 is 0 Å². The van der Waals surface area contributed by atoms with Gasteiger partial charge in [0.25, 0.3) is 0 Å². The van der Waals surface area contributed by atoms with Crippen molar-refractivity contribution in [2.75, 3.05) is 36.0 Å². The third-order valence-electron chi connectivity index (χ3n) is 3.88. The van der Waals surface area contributed by atoms with E-state index in [0.717, 1.165) is 45.1 Å². The van der Waals surface area contributed by atoms with Crippen molar-refractivity contribution in [1.29, 1.82) is 0 Å². The Bertz CT molecular complexity index is 499. The van der Waals surface area contributed by atoms with Gasteiger partial charge >= 0.3 is 6.18 Å². The van der Waals surface area contributed by atoms with E-state index in [4.69, 9.17) is 0 Å². The lowest BCUT2D eigenvalue weighted by Crippen LogP contribution is -2.39. The molecule has 3 rings (SSSR count). The summed E-state index contributed by atoms with van der Waals surface area (Å²) in [6.07, 6.45) is -2.46. The fourth-order valence-electron chi connectivity index (χ4n) is 2.53. The highest BCUT2D eigenvalue weighted by atomic mass is 19.4. The highest BCUT2D eigenvalue weighted by Gasteiger charge is 2.35. The summed E-state index contributed by atoms with van der Waals surface area (Å²) in [7, 11) is 0. The van der Waals surface area contributed by atoms with Gasteiger partial charge in [-0.3, -0.25) is 0 Å². The van der Waals surface area contributed by atoms with Gasteiger partial charge in [-0.2, -0.15) is 18.2 Å². The molecule has 1 atom stereocenters. The summed E-state index contributed by atoms with van der Waals surface area (Å²) >= 11 is 0. The maximum atomic E-state index is 13.0. The molecule has 1 aromatic heterocycles. The van der Waals surface area contributed by atoms with Gasteiger partial charge in [-0.05, 0) is 18.8 Å². The number of halogens is 3. The Hall–Kier alpha value is -1.53. The summed E-state index contributed by atoms with van der Waals surface area (Å²) in [6, 6.07) is 1.07. The molecular weight excluding hydrogens is 269 g/mol. The van der Waals surface area contributed by atoms with Gasteiger partial charge in [0.15, 0.2) is 5.69 Å². The summed E-state index contributed by atoms with van der Waals surface area (Å²) in [5, 5.41) is 0. The van der Waals surface area contributed by atoms with Crippen LogP contribution in [0.3, 0.4) is 0 Å². The summed E-state index contributed by atoms with van der Waals surface area (Å²) in [5.74, 6) is 1.10. The molecule has 3 heterocycles. The molecule has 7 heteroatoms. The molecule has 0 spiro atoms. The molecule has 1 aromatic rings. The maximum Gasteiger partial charge on any atom is 0.433 e. The van der Waals surface area contributed by atoms with Crippen LogP contribution in [0, 0.1) is 5.92 Å². The Balaban J connectivity index is 1.95. The Morgan fingerprint density at radius 1 is 1.15 bits per heavy atom. The Kier molecular flexibility index (Phi) is 3.22. The topological polar surface area (TPSA) is 32.3 Å². The second kappa shape index (κ2) is 4.79. The second-order valence-electron chi connectivity index (χ2n) is 5.59. The van der Waals surface area contributed by atoms with E-state index in [2.05, 4.69) is 16.9 Å². The SMILES string of the molecule is CC1CCN(c2cc(C(F)(F)F)nc(N3CCC3)n2)C1. The second-order valence-corrected chi connectivity index (χ2v) is 5.59. The van der Waals surface area contributed by atoms with Gasteiger partial charge in [0.1, 0.15) is 5.82 Å². The number of alkyl halides is 3. The van der Waals surface area contributed by atoms with E-state index in [9.17, 15) is 13.2 Å². The van der Waals surface area contributed by atoms with Gasteiger partial charge in [-0.25, -0.2) is 4.98 Å². The van der Waals surface area contributed by atoms with E-state index in [1.54, 1.807) is 4.90 Å². The van der Waals surface area contributed by atoms with Gasteiger partial charge in [0, 0.05) is 32.2 Å². The number of nitrogens with zero attached hydrogens (tertiary/aromatic N) is 4. The number of hydrogen-bond acceptors (Lipinski definition) is 4. The summed E-state index contributed by atoms with van der Waals surface area (Å²) in [5.41, 5.74) is -0.844. The molecule has 2 saturated heterocycles. The van der Waals surface area contributed by atoms with Crippen molar-refractivity contribution in [3.05, 3.63) is 11.8 Å². The van der Waals surface area contributed by atoms with E-state index in [0.29, 0.717) is 11.7 Å². The van der Waals surface area contributed by atoms with E-state index in [1.807, 2.05) is 4.90 Å². The van der Waals surface area contributed by atoms with E-state index >= 15 is 0 Å². The van der Waals surface area contributed by atoms with Gasteiger partial charge < -0.3 is 9.80 Å². The largest absolute Gasteiger partial charge is 0.433 e. The third-order valence-corrected chi connectivity index (χ3v) is 3.88. The normalized spacial score (nSPS) is 23.1. The zero-order valence-electron chi connectivity index (χ0n) is 11.3. The number of aromatic nitrogens is 2. The Labute approximate surface area is 115 Å². The Morgan fingerprint density at radius 2 is 1.90 bits per heavy atom. The van der Waals surface area contributed by atoms with E-state index in [-0.39, 0.29) is 5.95 Å². The minimum Gasteiger partial charge on any atom is -0.356 e. The first-order valence-electron chi connectivity index (χ1n) is 6.89. The lowest BCUT2D eigenvalue weighted by atomic mass is 10.2. The van der Waals surface area contributed by atoms with Crippen molar-refractivity contribution in [3.8, 4) is 0 Å². The Morgan fingerprint density at radius 3 is 2.40 bits per heavy atom. The molecule has 0 N–H and O–H groups in total. The predicted molar refractivity (Wildman–Crippen MR) is 69.9 cm³/mol. The molecule has 0 amide bonds. The van der Waals surface area contributed by atoms with E-state index in [1.165, 1.54) is 0 Å². The number of anilines is 2. The molecule has 2 aliphatic heterocycles. The fraction of sp³-hybridized carbons (Fsp3) is 0.692. The van der Waals surface area contributed by atoms with Crippen LogP contribution in [0.5, 0.6) is 0 Å². The van der Waals surface area contributed by atoms with Crippen molar-refractivity contribution in [1.82, 2.24) is 9.97 Å². The molecule has 0 aromatic carbocycles. The van der Waals surface area contributed by atoms with Crippen molar-refractivity contribution in [2.45, 2.75) is 25.9 Å². The zero-order chi connectivity index (χ0) is 14.3. The molecule has 4 nitrogen and oxygen atoms in total. The van der Waals surface area contributed by atoms with Crippen molar-refractivity contribution < 1.29 is 13.2 Å². The molecule has 0 radical (unpaired) electrons. The molecule has 0 aliphatic carbocycles. The smallest absolute Gasteiger partial charge is 0.356 e. The van der Waals surface area contributed by atoms with Gasteiger partial charge in [0.05, 0.1) is 0 Å². The van der Waals surface area contributed by atoms with Crippen LogP contribution in [0.15, 0.2) is 6.07 Å². The van der Waals surface area contributed by atoms with Crippen molar-refractivity contribution >= 4 is 11.8 Å². The van der Waals surface area contributed by atoms with Crippen molar-refractivity contribution in [2.24, 2.45) is 5.92 Å². The monoisotopic (exact) mass is 286 g/mol. The molecule has 110 valence electrons. The quantitative estimate of drug-likeness (QED) is 0.836. The molecule has 2 fully saturated rings. The third kappa shape index (κ3) is 2.53. The number of hydrogen-bond donors (Lipinski definition) is 0. The van der Waals surface area contributed by atoms with Crippen LogP contribution in [0.25, 0.3) is 0 Å². The minimum absolute atomic E-state index is 0.209. The van der Waals surface area contributed by atoms with Crippen LogP contribution in [0.2, 0.25) is 0 Å². The van der Waals surface area contributed by atoms with Gasteiger partial charge in [-0.1, -0.05) is 6.92 Å². The summed E-state index contributed by atoms with van der Waals surface area (Å²) in [6.45, 7) is 5.08. The zero-order valence-corrected chi connectivity index (χ0v) is 11.3. The van der Waals surface area contributed by atoms with Gasteiger partial charge in [-0.15, -0.1) is 0 Å². The first-order valence-corrected chi connectivity index (χ1v) is 6.89. The maximum absolute atomic E-state index is 13.0. The highest BCUT2D eigenvalue weighted by molar-refractivity contribution is 5.48. The first kappa shape index (κ1) is 13.5. The predicted octanol–water partition coefficient (Wildman–Crippen LogP) is 2.55. The van der Waals surface area contributed by atoms with Gasteiger partial charge in [0.2, 0.25) is 5.95 Å². The molecule has 1 unspecified atom stereocenters. The molecule has 2 aliphatic rings. The standard InChI is InChI=1S/C13H17F3N4/c1-9-3-6-20(8-9)11-7-10(13(14,15)16)17-12(18-11)19-4-2-5-19/h7,9H,2-6,8H2,1H3. The van der Waals surface area contributed by atoms with Crippen molar-refractivity contribution in [3.63, 3.8) is 0 Å². The average molecular weight is 286 g/mol. The number of rotatable bonds is 2. The van der Waals surface area contributed by atoms with Crippen LogP contribution in [0.4, 0.5) is 24.9 Å². The first-order chi connectivity index (χ1) is 9.43. The van der Waals surface area contributed by atoms with Crippen LogP contribution < -0.4 is 9.80 Å². The van der Waals surface area contributed by atoms with Crippen LogP contribution in [0.1, 0.15) is 25.5 Å². The highest BCUT2D eigenvalue weighted by Crippen LogP contribution is 2.33. The fourth-order valence-corrected chi connectivity index (χ4v) is 2.53. The lowest BCUT2D eigenvalue weighted by Gasteiger charge is -2.32. The molecule has 0 bridgehead atoms. The minimum atomic E-state index is -4.43. The van der Waals surface area contributed by atoms with E-state index < -0.39 is 11.9 Å². The van der Waals surface area contributed by atoms with Crippen LogP contribution in [-0.4, -0.2) is 36.1 Å². The van der Waals surface area contributed by atoms with Crippen LogP contribution in [-0.2, 0) is 6.18 Å². The average Bonchev–Trinajstić information content (AvgIpc) is 2.72. The lowest BCUT2D eigenvalue weighted by molar-refractivity contribution is -0.141. The molecule has 0 saturated carbocycles. The summed E-state index contributed by atoms with van der Waals surface area (Å²) in [4.78, 5) is 11.7. The molecule has 20 heavy (non-hydrogen) atoms.